The lowest BCUT2D eigenvalue weighted by Crippen LogP contribution is -2.43. The van der Waals surface area contributed by atoms with Crippen LogP contribution < -0.4 is 4.74 Å². The summed E-state index contributed by atoms with van der Waals surface area (Å²) in [5, 5.41) is 0. The zero-order chi connectivity index (χ0) is 16.1. The van der Waals surface area contributed by atoms with Crippen LogP contribution in [0.5, 0.6) is 5.75 Å². The fourth-order valence-corrected chi connectivity index (χ4v) is 3.63. The van der Waals surface area contributed by atoms with Gasteiger partial charge in [-0.25, -0.2) is 0 Å². The Morgan fingerprint density at radius 3 is 2.87 bits per heavy atom. The van der Waals surface area contributed by atoms with Crippen molar-refractivity contribution in [3.63, 3.8) is 0 Å². The topological polar surface area (TPSA) is 28.6 Å². The molecule has 0 atom stereocenters. The summed E-state index contributed by atoms with van der Waals surface area (Å²) in [6.07, 6.45) is 3.69. The first-order valence-corrected chi connectivity index (χ1v) is 8.80. The Kier molecular flexibility index (Phi) is 5.48. The number of ether oxygens (including phenoxy) is 1. The van der Waals surface area contributed by atoms with E-state index >= 15 is 0 Å². The average molecular weight is 345 g/mol. The predicted molar refractivity (Wildman–Crippen MR) is 98.2 cm³/mol. The summed E-state index contributed by atoms with van der Waals surface area (Å²) >= 11 is 7.22. The van der Waals surface area contributed by atoms with E-state index in [1.165, 1.54) is 11.1 Å². The first-order valence-electron chi connectivity index (χ1n) is 7.41. The second-order valence-electron chi connectivity index (χ2n) is 5.38. The Morgan fingerprint density at radius 1 is 1.22 bits per heavy atom. The van der Waals surface area contributed by atoms with E-state index in [-0.39, 0.29) is 0 Å². The van der Waals surface area contributed by atoms with E-state index in [9.17, 15) is 0 Å². The molecule has 3 rings (SSSR count). The minimum Gasteiger partial charge on any atom is -0.496 e. The van der Waals surface area contributed by atoms with Gasteiger partial charge in [-0.3, -0.25) is 9.88 Å². The molecule has 0 saturated carbocycles. The van der Waals surface area contributed by atoms with Gasteiger partial charge in [0.25, 0.3) is 0 Å². The van der Waals surface area contributed by atoms with Crippen molar-refractivity contribution in [2.24, 2.45) is 0 Å². The maximum atomic E-state index is 5.51. The molecule has 1 aromatic heterocycles. The number of pyridine rings is 1. The van der Waals surface area contributed by atoms with E-state index in [0.717, 1.165) is 35.7 Å². The molecule has 0 aliphatic carbocycles. The normalized spacial score (nSPS) is 15.7. The van der Waals surface area contributed by atoms with Crippen LogP contribution in [0.1, 0.15) is 11.1 Å². The van der Waals surface area contributed by atoms with Crippen LogP contribution >= 0.6 is 24.0 Å². The maximum Gasteiger partial charge on any atom is 0.138 e. The van der Waals surface area contributed by atoms with Gasteiger partial charge >= 0.3 is 0 Å². The molecule has 120 valence electrons. The van der Waals surface area contributed by atoms with Crippen molar-refractivity contribution >= 4 is 28.3 Å². The molecule has 1 fully saturated rings. The van der Waals surface area contributed by atoms with Crippen LogP contribution in [-0.2, 0) is 13.1 Å². The van der Waals surface area contributed by atoms with E-state index in [0.29, 0.717) is 0 Å². The van der Waals surface area contributed by atoms with Crippen molar-refractivity contribution in [3.8, 4) is 5.75 Å². The third-order valence-electron chi connectivity index (χ3n) is 3.68. The van der Waals surface area contributed by atoms with E-state index in [1.807, 2.05) is 30.5 Å². The Bertz CT molecular complexity index is 666. The number of aromatic nitrogens is 1. The number of para-hydroxylation sites is 1. The zero-order valence-corrected chi connectivity index (χ0v) is 14.6. The molecule has 0 bridgehead atoms. The molecular weight excluding hydrogens is 326 g/mol. The lowest BCUT2D eigenvalue weighted by molar-refractivity contribution is 0.199. The van der Waals surface area contributed by atoms with Crippen molar-refractivity contribution in [2.45, 2.75) is 13.1 Å². The van der Waals surface area contributed by atoms with Crippen LogP contribution in [0.2, 0.25) is 0 Å². The maximum absolute atomic E-state index is 5.51. The van der Waals surface area contributed by atoms with Crippen LogP contribution in [0.4, 0.5) is 0 Å². The highest BCUT2D eigenvalue weighted by atomic mass is 32.2. The number of thioether (sulfide) groups is 1. The number of hydrogen-bond acceptors (Lipinski definition) is 5. The number of nitrogens with zero attached hydrogens (tertiary/aromatic N) is 3. The van der Waals surface area contributed by atoms with Crippen molar-refractivity contribution in [1.29, 1.82) is 0 Å². The van der Waals surface area contributed by atoms with E-state index in [4.69, 9.17) is 17.0 Å². The van der Waals surface area contributed by atoms with Gasteiger partial charge in [0.1, 0.15) is 10.1 Å². The Morgan fingerprint density at radius 2 is 2.09 bits per heavy atom. The van der Waals surface area contributed by atoms with Gasteiger partial charge in [0.2, 0.25) is 0 Å². The highest BCUT2D eigenvalue weighted by Crippen LogP contribution is 2.25. The molecular formula is C17H19N3OS2. The van der Waals surface area contributed by atoms with Crippen molar-refractivity contribution in [3.05, 3.63) is 59.9 Å². The molecule has 1 aliphatic heterocycles. The zero-order valence-electron chi connectivity index (χ0n) is 13.0. The molecule has 0 unspecified atom stereocenters. The second kappa shape index (κ2) is 7.77. The summed E-state index contributed by atoms with van der Waals surface area (Å²) < 4.78 is 6.40. The Balaban J connectivity index is 1.67. The fraction of sp³-hybridized carbons (Fsp3) is 0.294. The van der Waals surface area contributed by atoms with Gasteiger partial charge in [0.15, 0.2) is 0 Å². The smallest absolute Gasteiger partial charge is 0.138 e. The van der Waals surface area contributed by atoms with Crippen LogP contribution in [0.25, 0.3) is 0 Å². The largest absolute Gasteiger partial charge is 0.496 e. The lowest BCUT2D eigenvalue weighted by atomic mass is 10.2. The number of thiocarbonyl (C=S) groups is 1. The molecule has 0 N–H and O–H groups in total. The molecule has 2 aromatic rings. The Hall–Kier alpha value is -1.63. The van der Waals surface area contributed by atoms with Gasteiger partial charge in [-0.1, -0.05) is 48.2 Å². The van der Waals surface area contributed by atoms with Crippen LogP contribution in [-0.4, -0.2) is 38.8 Å². The quantitative estimate of drug-likeness (QED) is 0.772. The average Bonchev–Trinajstić information content (AvgIpc) is 2.59. The van der Waals surface area contributed by atoms with Gasteiger partial charge in [0.05, 0.1) is 19.7 Å². The van der Waals surface area contributed by atoms with Crippen LogP contribution in [0, 0.1) is 0 Å². The van der Waals surface area contributed by atoms with Gasteiger partial charge in [-0.2, -0.15) is 0 Å². The summed E-state index contributed by atoms with van der Waals surface area (Å²) in [4.78, 5) is 8.77. The molecule has 0 radical (unpaired) electrons. The fourth-order valence-electron chi connectivity index (χ4n) is 2.57. The molecule has 1 aromatic carbocycles. The molecule has 1 saturated heterocycles. The van der Waals surface area contributed by atoms with Gasteiger partial charge in [-0.05, 0) is 17.7 Å². The second-order valence-corrected chi connectivity index (χ2v) is 6.96. The van der Waals surface area contributed by atoms with Gasteiger partial charge in [0, 0.05) is 31.0 Å². The summed E-state index contributed by atoms with van der Waals surface area (Å²) in [5.74, 6) is 1.84. The number of rotatable bonds is 5. The predicted octanol–water partition coefficient (Wildman–Crippen LogP) is 3.34. The third-order valence-corrected chi connectivity index (χ3v) is 5.29. The van der Waals surface area contributed by atoms with Crippen molar-refractivity contribution in [2.75, 3.05) is 19.7 Å². The van der Waals surface area contributed by atoms with Gasteiger partial charge < -0.3 is 9.64 Å². The number of hydrogen-bond donors (Lipinski definition) is 0. The summed E-state index contributed by atoms with van der Waals surface area (Å²) in [6.45, 7) is 2.46. The monoisotopic (exact) mass is 345 g/mol. The molecule has 4 nitrogen and oxygen atoms in total. The summed E-state index contributed by atoms with van der Waals surface area (Å²) in [5.41, 5.74) is 2.37. The third kappa shape index (κ3) is 4.22. The lowest BCUT2D eigenvalue weighted by Gasteiger charge is -2.36. The first-order chi connectivity index (χ1) is 11.3. The minimum absolute atomic E-state index is 0.794. The molecule has 6 heteroatoms. The van der Waals surface area contributed by atoms with Crippen LogP contribution in [0.15, 0.2) is 48.8 Å². The standard InChI is InChI=1S/C17H19N3OS2/c1-21-16-7-3-2-6-15(16)11-19-12-20(17(22)23-13-19)10-14-5-4-8-18-9-14/h2-9H,10-13H2,1H3. The Labute approximate surface area is 146 Å². The number of methoxy groups -OCH3 is 1. The number of benzene rings is 1. The van der Waals surface area contributed by atoms with E-state index < -0.39 is 0 Å². The van der Waals surface area contributed by atoms with Crippen molar-refractivity contribution in [1.82, 2.24) is 14.8 Å². The van der Waals surface area contributed by atoms with Crippen molar-refractivity contribution < 1.29 is 4.74 Å². The first kappa shape index (κ1) is 16.2. The summed E-state index contributed by atoms with van der Waals surface area (Å²) in [7, 11) is 1.72. The van der Waals surface area contributed by atoms with Gasteiger partial charge in [-0.15, -0.1) is 0 Å². The minimum atomic E-state index is 0.794. The molecule has 2 heterocycles. The molecule has 0 amide bonds. The molecule has 23 heavy (non-hydrogen) atoms. The molecule has 1 aliphatic rings. The highest BCUT2D eigenvalue weighted by molar-refractivity contribution is 8.22. The molecule has 0 spiro atoms. The highest BCUT2D eigenvalue weighted by Gasteiger charge is 2.22. The van der Waals surface area contributed by atoms with E-state index in [2.05, 4.69) is 26.9 Å². The SMILES string of the molecule is COc1ccccc1CN1CSC(=S)N(Cc2cccnc2)C1. The van der Waals surface area contributed by atoms with Crippen LogP contribution in [0.3, 0.4) is 0 Å². The summed E-state index contributed by atoms with van der Waals surface area (Å²) in [6, 6.07) is 12.2. The van der Waals surface area contributed by atoms with E-state index in [1.54, 1.807) is 25.1 Å².